The molecular weight excluding hydrogens is 460 g/mol. The largest absolute Gasteiger partial charge is 0.508 e. The Labute approximate surface area is 231 Å². The minimum absolute atomic E-state index is 0.215. The van der Waals surface area contributed by atoms with Crippen molar-refractivity contribution in [2.45, 2.75) is 99.3 Å². The van der Waals surface area contributed by atoms with Crippen LogP contribution in [-0.2, 0) is 25.7 Å². The number of benzene rings is 4. The number of hydrogen-bond acceptors (Lipinski definition) is 1. The molecule has 0 radical (unpaired) electrons. The molecule has 0 saturated carbocycles. The van der Waals surface area contributed by atoms with Crippen molar-refractivity contribution in [1.82, 2.24) is 0 Å². The van der Waals surface area contributed by atoms with E-state index in [1.54, 1.807) is 0 Å². The van der Waals surface area contributed by atoms with Gasteiger partial charge in [0.05, 0.1) is 0 Å². The molecule has 1 N–H and O–H groups in total. The highest BCUT2D eigenvalue weighted by Gasteiger charge is 2.22. The minimum atomic E-state index is 0.215. The molecule has 0 fully saturated rings. The Hall–Kier alpha value is -2.80. The van der Waals surface area contributed by atoms with Gasteiger partial charge in [0.2, 0.25) is 0 Å². The van der Waals surface area contributed by atoms with Crippen molar-refractivity contribution in [2.75, 3.05) is 0 Å². The van der Waals surface area contributed by atoms with Crippen LogP contribution in [0.15, 0.2) is 66.7 Å². The molecule has 4 aromatic rings. The van der Waals surface area contributed by atoms with Gasteiger partial charge in [0.1, 0.15) is 5.75 Å². The lowest BCUT2D eigenvalue weighted by atomic mass is 9.77. The van der Waals surface area contributed by atoms with E-state index >= 15 is 0 Å². The summed E-state index contributed by atoms with van der Waals surface area (Å²) in [6.07, 6.45) is 10.3. The maximum Gasteiger partial charge on any atom is 0.116 e. The number of aryl methyl sites for hydroxylation is 2. The molecule has 0 heterocycles. The first-order chi connectivity index (χ1) is 18.1. The molecule has 202 valence electrons. The van der Waals surface area contributed by atoms with Crippen molar-refractivity contribution in [1.29, 1.82) is 0 Å². The van der Waals surface area contributed by atoms with Crippen molar-refractivity contribution in [3.8, 4) is 5.75 Å². The van der Waals surface area contributed by atoms with E-state index in [0.29, 0.717) is 11.2 Å². The first-order valence-electron chi connectivity index (χ1n) is 14.9. The van der Waals surface area contributed by atoms with Crippen molar-refractivity contribution >= 4 is 21.5 Å². The molecule has 0 spiro atoms. The van der Waals surface area contributed by atoms with Gasteiger partial charge >= 0.3 is 0 Å². The fourth-order valence-corrected chi connectivity index (χ4v) is 6.45. The molecule has 1 nitrogen and oxygen atoms in total. The van der Waals surface area contributed by atoms with E-state index < -0.39 is 0 Å². The Morgan fingerprint density at radius 3 is 1.92 bits per heavy atom. The molecule has 0 amide bonds. The van der Waals surface area contributed by atoms with Gasteiger partial charge in [-0.1, -0.05) is 115 Å². The van der Waals surface area contributed by atoms with E-state index in [4.69, 9.17) is 0 Å². The minimum Gasteiger partial charge on any atom is -0.508 e. The van der Waals surface area contributed by atoms with Gasteiger partial charge in [0.25, 0.3) is 0 Å². The zero-order valence-electron chi connectivity index (χ0n) is 24.7. The summed E-state index contributed by atoms with van der Waals surface area (Å²) in [6.45, 7) is 14.0. The fraction of sp³-hybridized carbons (Fsp3) is 0.459. The number of aromatic hydroxyl groups is 1. The molecule has 38 heavy (non-hydrogen) atoms. The molecule has 0 bridgehead atoms. The van der Waals surface area contributed by atoms with Gasteiger partial charge in [-0.05, 0) is 105 Å². The highest BCUT2D eigenvalue weighted by Crippen LogP contribution is 2.36. The average molecular weight is 509 g/mol. The first kappa shape index (κ1) is 28.2. The van der Waals surface area contributed by atoms with Crippen LogP contribution in [0.2, 0.25) is 0 Å². The fourth-order valence-electron chi connectivity index (χ4n) is 6.45. The summed E-state index contributed by atoms with van der Waals surface area (Å²) in [7, 11) is 0. The Bertz CT molecular complexity index is 1360. The normalized spacial score (nSPS) is 13.7. The summed E-state index contributed by atoms with van der Waals surface area (Å²) >= 11 is 0. The van der Waals surface area contributed by atoms with Crippen LogP contribution in [0.4, 0.5) is 0 Å². The van der Waals surface area contributed by atoms with Crippen molar-refractivity contribution in [3.63, 3.8) is 0 Å². The molecule has 0 aromatic heterocycles. The number of fused-ring (bicyclic) bond motifs is 3. The lowest BCUT2D eigenvalue weighted by Gasteiger charge is -2.28. The van der Waals surface area contributed by atoms with E-state index in [1.165, 1.54) is 82.3 Å². The quantitative estimate of drug-likeness (QED) is 0.189. The summed E-state index contributed by atoms with van der Waals surface area (Å²) < 4.78 is 0. The maximum absolute atomic E-state index is 10.7. The van der Waals surface area contributed by atoms with Crippen LogP contribution < -0.4 is 0 Å². The molecule has 4 rings (SSSR count). The van der Waals surface area contributed by atoms with Crippen LogP contribution >= 0.6 is 0 Å². The monoisotopic (exact) mass is 508 g/mol. The van der Waals surface area contributed by atoms with Crippen LogP contribution in [0, 0.1) is 10.8 Å². The lowest BCUT2D eigenvalue weighted by molar-refractivity contribution is 0.279. The third kappa shape index (κ3) is 6.79. The Balaban J connectivity index is 1.55. The second kappa shape index (κ2) is 11.9. The van der Waals surface area contributed by atoms with E-state index in [-0.39, 0.29) is 5.41 Å². The summed E-state index contributed by atoms with van der Waals surface area (Å²) in [4.78, 5) is 0. The van der Waals surface area contributed by atoms with Crippen LogP contribution in [0.1, 0.15) is 95.9 Å². The van der Waals surface area contributed by atoms with Gasteiger partial charge in [-0.2, -0.15) is 0 Å². The summed E-state index contributed by atoms with van der Waals surface area (Å²) in [5, 5.41) is 15.6. The Kier molecular flexibility index (Phi) is 8.86. The molecule has 0 aliphatic carbocycles. The zero-order valence-corrected chi connectivity index (χ0v) is 24.7. The number of phenolic OH excluding ortho intramolecular Hbond substituents is 1. The Morgan fingerprint density at radius 1 is 0.605 bits per heavy atom. The van der Waals surface area contributed by atoms with Crippen LogP contribution in [-0.4, -0.2) is 5.11 Å². The molecule has 1 unspecified atom stereocenters. The summed E-state index contributed by atoms with van der Waals surface area (Å²) in [5.41, 5.74) is 6.09. The van der Waals surface area contributed by atoms with E-state index in [2.05, 4.69) is 96.1 Å². The standard InChI is InChI=1S/C37H48O/c1-7-20-36(4,5)26-31-23-32(38)24-35-33(31)19-18-30-17-16-28(22-34(30)35)13-10-27-11-14-29(15-12-27)25-37(6,9-3)21-8-2/h11-12,14-19,22-24,38H,7-10,13,20-21,25-26H2,1-6H3. The second-order valence-electron chi connectivity index (χ2n) is 12.8. The third-order valence-corrected chi connectivity index (χ3v) is 8.75. The first-order valence-corrected chi connectivity index (χ1v) is 14.9. The van der Waals surface area contributed by atoms with Crippen LogP contribution in [0.5, 0.6) is 5.75 Å². The number of phenols is 1. The second-order valence-corrected chi connectivity index (χ2v) is 12.8. The SMILES string of the molecule is CCCC(C)(C)Cc1cc(O)cc2c1ccc1ccc(CCc3ccc(CC(C)(CC)CCC)cc3)cc12. The summed E-state index contributed by atoms with van der Waals surface area (Å²) in [5.74, 6) is 0.371. The predicted octanol–water partition coefficient (Wildman–Crippen LogP) is 10.6. The van der Waals surface area contributed by atoms with E-state index in [0.717, 1.165) is 19.3 Å². The zero-order chi connectivity index (χ0) is 27.3. The third-order valence-electron chi connectivity index (χ3n) is 8.75. The van der Waals surface area contributed by atoms with Gasteiger partial charge in [0.15, 0.2) is 0 Å². The van der Waals surface area contributed by atoms with Crippen molar-refractivity contribution in [3.05, 3.63) is 89.0 Å². The van der Waals surface area contributed by atoms with E-state index in [9.17, 15) is 5.11 Å². The molecule has 0 aliphatic rings. The maximum atomic E-state index is 10.7. The molecule has 1 atom stereocenters. The molecule has 4 aromatic carbocycles. The molecule has 0 aliphatic heterocycles. The summed E-state index contributed by atoms with van der Waals surface area (Å²) in [6, 6.07) is 24.6. The number of hydrogen-bond donors (Lipinski definition) is 1. The van der Waals surface area contributed by atoms with Gasteiger partial charge in [-0.3, -0.25) is 0 Å². The van der Waals surface area contributed by atoms with Crippen LogP contribution in [0.3, 0.4) is 0 Å². The predicted molar refractivity (Wildman–Crippen MR) is 166 cm³/mol. The Morgan fingerprint density at radius 2 is 1.24 bits per heavy atom. The van der Waals surface area contributed by atoms with Gasteiger partial charge in [-0.15, -0.1) is 0 Å². The highest BCUT2D eigenvalue weighted by atomic mass is 16.3. The lowest BCUT2D eigenvalue weighted by Crippen LogP contribution is -2.18. The molecule has 1 heteroatoms. The van der Waals surface area contributed by atoms with Crippen LogP contribution in [0.25, 0.3) is 21.5 Å². The van der Waals surface area contributed by atoms with Gasteiger partial charge in [-0.25, -0.2) is 0 Å². The number of rotatable bonds is 12. The molecular formula is C37H48O. The highest BCUT2D eigenvalue weighted by molar-refractivity contribution is 6.09. The van der Waals surface area contributed by atoms with Crippen molar-refractivity contribution < 1.29 is 5.11 Å². The topological polar surface area (TPSA) is 20.2 Å². The molecule has 0 saturated heterocycles. The van der Waals surface area contributed by atoms with Gasteiger partial charge in [0, 0.05) is 0 Å². The smallest absolute Gasteiger partial charge is 0.116 e. The van der Waals surface area contributed by atoms with Crippen molar-refractivity contribution in [2.24, 2.45) is 10.8 Å². The van der Waals surface area contributed by atoms with Gasteiger partial charge < -0.3 is 5.11 Å². The average Bonchev–Trinajstić information content (AvgIpc) is 2.88. The van der Waals surface area contributed by atoms with E-state index in [1.807, 2.05) is 12.1 Å².